The molecule has 40 heavy (non-hydrogen) atoms. The number of fused-ring (bicyclic) bond motifs is 1. The maximum atomic E-state index is 12.9. The largest absolute Gasteiger partial charge is 0.485 e. The lowest BCUT2D eigenvalue weighted by Crippen LogP contribution is -2.40. The fourth-order valence-electron chi connectivity index (χ4n) is 3.87. The zero-order valence-corrected chi connectivity index (χ0v) is 23.5. The number of anilines is 2. The van der Waals surface area contributed by atoms with E-state index in [1.54, 1.807) is 50.4 Å². The summed E-state index contributed by atoms with van der Waals surface area (Å²) in [4.78, 5) is 43.0. The van der Waals surface area contributed by atoms with Gasteiger partial charge in [-0.2, -0.15) is 0 Å². The molecule has 0 spiro atoms. The SMILES string of the molecule is CCOC(=O)c1cccc(NC(=O)NCC(=O)N(C)c2ccc(Cl)c(COc3cccn4cc(C)nc34)c2Cl)c1. The van der Waals surface area contributed by atoms with Gasteiger partial charge in [0.2, 0.25) is 5.91 Å². The monoisotopic (exact) mass is 583 g/mol. The van der Waals surface area contributed by atoms with E-state index in [4.69, 9.17) is 32.7 Å². The third-order valence-corrected chi connectivity index (χ3v) is 6.65. The van der Waals surface area contributed by atoms with E-state index >= 15 is 0 Å². The number of halogens is 2. The van der Waals surface area contributed by atoms with E-state index in [9.17, 15) is 14.4 Å². The number of imidazole rings is 1. The normalized spacial score (nSPS) is 10.7. The molecule has 2 N–H and O–H groups in total. The first-order chi connectivity index (χ1) is 19.2. The van der Waals surface area contributed by atoms with E-state index < -0.39 is 17.9 Å². The number of pyridine rings is 1. The maximum Gasteiger partial charge on any atom is 0.338 e. The number of urea groups is 1. The Bertz CT molecular complexity index is 1570. The lowest BCUT2D eigenvalue weighted by Gasteiger charge is -2.21. The van der Waals surface area contributed by atoms with Crippen molar-refractivity contribution >= 4 is 58.1 Å². The summed E-state index contributed by atoms with van der Waals surface area (Å²) in [5, 5.41) is 5.72. The fraction of sp³-hybridized carbons (Fsp3) is 0.214. The van der Waals surface area contributed by atoms with Gasteiger partial charge in [0.25, 0.3) is 0 Å². The predicted molar refractivity (Wildman–Crippen MR) is 154 cm³/mol. The minimum absolute atomic E-state index is 0.0463. The summed E-state index contributed by atoms with van der Waals surface area (Å²) in [6.45, 7) is 3.57. The first-order valence-electron chi connectivity index (χ1n) is 12.3. The molecule has 0 fully saturated rings. The van der Waals surface area contributed by atoms with Crippen molar-refractivity contribution in [3.8, 4) is 5.75 Å². The van der Waals surface area contributed by atoms with Gasteiger partial charge in [-0.05, 0) is 56.3 Å². The summed E-state index contributed by atoms with van der Waals surface area (Å²) in [5.74, 6) is -0.369. The summed E-state index contributed by atoms with van der Waals surface area (Å²) >= 11 is 13.1. The summed E-state index contributed by atoms with van der Waals surface area (Å²) in [6.07, 6.45) is 3.76. The average Bonchev–Trinajstić information content (AvgIpc) is 3.32. The Hall–Kier alpha value is -4.28. The van der Waals surface area contributed by atoms with Crippen LogP contribution in [0.5, 0.6) is 5.75 Å². The molecule has 0 aliphatic heterocycles. The number of ether oxygens (including phenoxy) is 2. The quantitative estimate of drug-likeness (QED) is 0.252. The van der Waals surface area contributed by atoms with Gasteiger partial charge in [-0.3, -0.25) is 4.79 Å². The summed E-state index contributed by atoms with van der Waals surface area (Å²) in [7, 11) is 1.54. The molecule has 208 valence electrons. The molecule has 0 aliphatic carbocycles. The van der Waals surface area contributed by atoms with Crippen molar-refractivity contribution in [1.82, 2.24) is 14.7 Å². The highest BCUT2D eigenvalue weighted by atomic mass is 35.5. The average molecular weight is 584 g/mol. The van der Waals surface area contributed by atoms with Crippen LogP contribution in [-0.4, -0.2) is 47.5 Å². The molecule has 4 aromatic rings. The molecule has 0 aliphatic rings. The van der Waals surface area contributed by atoms with E-state index in [2.05, 4.69) is 15.6 Å². The lowest BCUT2D eigenvalue weighted by molar-refractivity contribution is -0.117. The van der Waals surface area contributed by atoms with Crippen molar-refractivity contribution in [2.75, 3.05) is 30.4 Å². The number of amides is 3. The van der Waals surface area contributed by atoms with Crippen LogP contribution >= 0.6 is 23.2 Å². The molecule has 2 aromatic carbocycles. The molecule has 10 nitrogen and oxygen atoms in total. The van der Waals surface area contributed by atoms with Crippen molar-refractivity contribution in [3.05, 3.63) is 87.8 Å². The Morgan fingerprint density at radius 3 is 2.67 bits per heavy atom. The number of hydrogen-bond donors (Lipinski definition) is 2. The van der Waals surface area contributed by atoms with Gasteiger partial charge in [0.1, 0.15) is 6.61 Å². The second kappa shape index (κ2) is 12.7. The lowest BCUT2D eigenvalue weighted by atomic mass is 10.2. The molecule has 0 saturated carbocycles. The standard InChI is InChI=1S/C28H27Cl2N5O5/c1-4-39-27(37)18-7-5-8-19(13-18)33-28(38)31-14-24(36)34(3)22-11-10-21(29)20(25(22)30)16-40-23-9-6-12-35-15-17(2)32-26(23)35/h5-13,15H,4,14,16H2,1-3H3,(H2,31,33,38). The molecule has 2 aromatic heterocycles. The van der Waals surface area contributed by atoms with Crippen LogP contribution in [0.15, 0.2) is 60.9 Å². The summed E-state index contributed by atoms with van der Waals surface area (Å²) in [6, 6.07) is 12.5. The highest BCUT2D eigenvalue weighted by Crippen LogP contribution is 2.35. The van der Waals surface area contributed by atoms with Crippen LogP contribution in [0, 0.1) is 6.92 Å². The van der Waals surface area contributed by atoms with Gasteiger partial charge < -0.3 is 29.4 Å². The van der Waals surface area contributed by atoms with Crippen LogP contribution in [0.1, 0.15) is 28.5 Å². The van der Waals surface area contributed by atoms with Crippen LogP contribution < -0.4 is 20.3 Å². The molecular formula is C28H27Cl2N5O5. The number of carbonyl (C=O) groups excluding carboxylic acids is 3. The molecular weight excluding hydrogens is 557 g/mol. The first-order valence-corrected chi connectivity index (χ1v) is 13.1. The second-order valence-electron chi connectivity index (χ2n) is 8.70. The molecule has 0 saturated heterocycles. The Labute approximate surface area is 240 Å². The fourth-order valence-corrected chi connectivity index (χ4v) is 4.48. The Balaban J connectivity index is 1.39. The second-order valence-corrected chi connectivity index (χ2v) is 9.48. The number of hydrogen-bond acceptors (Lipinski definition) is 6. The van der Waals surface area contributed by atoms with E-state index in [0.717, 1.165) is 5.69 Å². The van der Waals surface area contributed by atoms with Crippen LogP contribution in [-0.2, 0) is 16.1 Å². The van der Waals surface area contributed by atoms with Gasteiger partial charge in [-0.1, -0.05) is 29.3 Å². The highest BCUT2D eigenvalue weighted by molar-refractivity contribution is 6.38. The third kappa shape index (κ3) is 6.64. The Morgan fingerprint density at radius 1 is 1.10 bits per heavy atom. The molecule has 2 heterocycles. The number of nitrogens with zero attached hydrogens (tertiary/aromatic N) is 3. The minimum atomic E-state index is -0.623. The molecule has 0 unspecified atom stereocenters. The van der Waals surface area contributed by atoms with Crippen molar-refractivity contribution in [3.63, 3.8) is 0 Å². The zero-order chi connectivity index (χ0) is 28.8. The van der Waals surface area contributed by atoms with Gasteiger partial charge in [-0.15, -0.1) is 0 Å². The maximum absolute atomic E-state index is 12.9. The number of nitrogens with one attached hydrogen (secondary N) is 2. The van der Waals surface area contributed by atoms with Gasteiger partial charge in [0, 0.05) is 35.7 Å². The number of benzene rings is 2. The van der Waals surface area contributed by atoms with Crippen molar-refractivity contribution in [2.45, 2.75) is 20.5 Å². The van der Waals surface area contributed by atoms with Gasteiger partial charge >= 0.3 is 12.0 Å². The van der Waals surface area contributed by atoms with E-state index in [1.807, 2.05) is 29.8 Å². The number of rotatable bonds is 9. The summed E-state index contributed by atoms with van der Waals surface area (Å²) in [5.41, 5.74) is 3.07. The summed E-state index contributed by atoms with van der Waals surface area (Å²) < 4.78 is 12.8. The van der Waals surface area contributed by atoms with Crippen LogP contribution in [0.3, 0.4) is 0 Å². The highest BCUT2D eigenvalue weighted by Gasteiger charge is 2.20. The third-order valence-electron chi connectivity index (χ3n) is 5.87. The number of aryl methyl sites for hydroxylation is 1. The number of likely N-dealkylation sites (N-methyl/N-ethyl adjacent to an activating group) is 1. The molecule has 0 radical (unpaired) electrons. The van der Waals surface area contributed by atoms with Gasteiger partial charge in [0.15, 0.2) is 11.4 Å². The molecule has 3 amide bonds. The van der Waals surface area contributed by atoms with Gasteiger partial charge in [0.05, 0.1) is 35.1 Å². The van der Waals surface area contributed by atoms with Crippen molar-refractivity contribution < 1.29 is 23.9 Å². The molecule has 0 bridgehead atoms. The molecule has 0 atom stereocenters. The van der Waals surface area contributed by atoms with Crippen LogP contribution in [0.25, 0.3) is 5.65 Å². The number of esters is 1. The van der Waals surface area contributed by atoms with Crippen LogP contribution in [0.2, 0.25) is 10.0 Å². The van der Waals surface area contributed by atoms with E-state index in [0.29, 0.717) is 38.9 Å². The van der Waals surface area contributed by atoms with Gasteiger partial charge in [-0.25, -0.2) is 14.6 Å². The Morgan fingerprint density at radius 2 is 1.90 bits per heavy atom. The van der Waals surface area contributed by atoms with Crippen molar-refractivity contribution in [2.24, 2.45) is 0 Å². The number of aromatic nitrogens is 2. The Kier molecular flexibility index (Phi) is 9.13. The topological polar surface area (TPSA) is 114 Å². The molecule has 12 heteroatoms. The van der Waals surface area contributed by atoms with Crippen LogP contribution in [0.4, 0.5) is 16.2 Å². The molecule has 4 rings (SSSR count). The minimum Gasteiger partial charge on any atom is -0.485 e. The van der Waals surface area contributed by atoms with Crippen molar-refractivity contribution in [1.29, 1.82) is 0 Å². The smallest absolute Gasteiger partial charge is 0.338 e. The zero-order valence-electron chi connectivity index (χ0n) is 22.0. The predicted octanol–water partition coefficient (Wildman–Crippen LogP) is 5.49. The number of carbonyl (C=O) groups is 3. The first kappa shape index (κ1) is 28.7. The van der Waals surface area contributed by atoms with E-state index in [-0.39, 0.29) is 24.8 Å². The van der Waals surface area contributed by atoms with E-state index in [1.165, 1.54) is 11.0 Å².